The quantitative estimate of drug-likeness (QED) is 0.841. The van der Waals surface area contributed by atoms with Crippen molar-refractivity contribution in [2.24, 2.45) is 5.92 Å². The minimum Gasteiger partial charge on any atom is -0.391 e. The Hall–Kier alpha value is -2.05. The van der Waals surface area contributed by atoms with E-state index in [2.05, 4.69) is 5.32 Å². The molecule has 0 aliphatic carbocycles. The Labute approximate surface area is 131 Å². The summed E-state index contributed by atoms with van der Waals surface area (Å²) in [4.78, 5) is 38.5. The molecular formula is C15H25N3O4. The predicted molar refractivity (Wildman–Crippen MR) is 81.4 cm³/mol. The second-order valence-corrected chi connectivity index (χ2v) is 6.59. The second kappa shape index (κ2) is 6.81. The van der Waals surface area contributed by atoms with Gasteiger partial charge in [-0.15, -0.1) is 0 Å². The Bertz CT molecular complexity index is 492. The summed E-state index contributed by atoms with van der Waals surface area (Å²) in [6.45, 7) is 11.1. The van der Waals surface area contributed by atoms with Crippen LogP contribution in [0.15, 0.2) is 12.1 Å². The third-order valence-corrected chi connectivity index (χ3v) is 2.94. The number of rotatable bonds is 2. The van der Waals surface area contributed by atoms with Crippen molar-refractivity contribution in [3.8, 4) is 0 Å². The van der Waals surface area contributed by atoms with Crippen LogP contribution in [-0.2, 0) is 14.3 Å². The van der Waals surface area contributed by atoms with Crippen molar-refractivity contribution in [1.82, 2.24) is 15.1 Å². The summed E-state index contributed by atoms with van der Waals surface area (Å²) in [6, 6.07) is 0. The summed E-state index contributed by atoms with van der Waals surface area (Å²) in [7, 11) is 0. The summed E-state index contributed by atoms with van der Waals surface area (Å²) in [5.74, 6) is -0.490. The molecule has 0 unspecified atom stereocenters. The molecule has 1 heterocycles. The van der Waals surface area contributed by atoms with E-state index in [4.69, 9.17) is 4.74 Å². The van der Waals surface area contributed by atoms with Crippen LogP contribution in [0.2, 0.25) is 0 Å². The van der Waals surface area contributed by atoms with Crippen molar-refractivity contribution in [2.45, 2.75) is 47.1 Å². The highest BCUT2D eigenvalue weighted by atomic mass is 16.6. The molecule has 7 heteroatoms. The van der Waals surface area contributed by atoms with Gasteiger partial charge < -0.3 is 15.0 Å². The van der Waals surface area contributed by atoms with E-state index < -0.39 is 11.6 Å². The molecular weight excluding hydrogens is 286 g/mol. The van der Waals surface area contributed by atoms with E-state index in [9.17, 15) is 14.4 Å². The largest absolute Gasteiger partial charge is 0.414 e. The van der Waals surface area contributed by atoms with Crippen LogP contribution in [0.1, 0.15) is 41.5 Å². The number of carbonyl (C=O) groups is 3. The summed E-state index contributed by atoms with van der Waals surface area (Å²) in [5, 5.41) is 2.66. The molecule has 22 heavy (non-hydrogen) atoms. The van der Waals surface area contributed by atoms with E-state index >= 15 is 0 Å². The number of amides is 3. The third-order valence-electron chi connectivity index (χ3n) is 2.94. The van der Waals surface area contributed by atoms with Gasteiger partial charge in [0.05, 0.1) is 6.20 Å². The van der Waals surface area contributed by atoms with E-state index in [1.807, 2.05) is 20.8 Å². The lowest BCUT2D eigenvalue weighted by Gasteiger charge is -2.33. The van der Waals surface area contributed by atoms with E-state index in [0.717, 1.165) is 0 Å². The standard InChI is InChI=1S/C15H25N3O4/c1-10(2)13(20)18-8-7-17(11(3)19)9-12(18)22-14(21)16-15(4,5)6/h9-10H,7-8H2,1-6H3,(H,16,21). The molecule has 124 valence electrons. The molecule has 1 rings (SSSR count). The fourth-order valence-corrected chi connectivity index (χ4v) is 1.87. The zero-order valence-electron chi connectivity index (χ0n) is 14.1. The van der Waals surface area contributed by atoms with Crippen LogP contribution in [0.5, 0.6) is 0 Å². The maximum atomic E-state index is 12.2. The number of ether oxygens (including phenoxy) is 1. The minimum absolute atomic E-state index is 0.0712. The molecule has 0 fully saturated rings. The number of nitrogens with zero attached hydrogens (tertiary/aromatic N) is 2. The lowest BCUT2D eigenvalue weighted by Crippen LogP contribution is -2.47. The maximum absolute atomic E-state index is 12.2. The summed E-state index contributed by atoms with van der Waals surface area (Å²) >= 11 is 0. The SMILES string of the molecule is CC(=O)N1C=C(OC(=O)NC(C)(C)C)N(C(=O)C(C)C)CC1. The van der Waals surface area contributed by atoms with Crippen LogP contribution in [-0.4, -0.2) is 46.3 Å². The molecule has 7 nitrogen and oxygen atoms in total. The van der Waals surface area contributed by atoms with Crippen molar-refractivity contribution in [3.05, 3.63) is 12.1 Å². The lowest BCUT2D eigenvalue weighted by molar-refractivity contribution is -0.137. The molecule has 1 N–H and O–H groups in total. The van der Waals surface area contributed by atoms with Gasteiger partial charge in [-0.1, -0.05) is 13.8 Å². The molecule has 0 saturated heterocycles. The highest BCUT2D eigenvalue weighted by Crippen LogP contribution is 2.18. The second-order valence-electron chi connectivity index (χ2n) is 6.59. The highest BCUT2D eigenvalue weighted by molar-refractivity contribution is 5.81. The van der Waals surface area contributed by atoms with Crippen LogP contribution >= 0.6 is 0 Å². The zero-order valence-corrected chi connectivity index (χ0v) is 14.1. The molecule has 1 aliphatic heterocycles. The first kappa shape index (κ1) is 18.0. The average Bonchev–Trinajstić information content (AvgIpc) is 2.35. The summed E-state index contributed by atoms with van der Waals surface area (Å²) in [6.07, 6.45) is 0.736. The molecule has 1 aliphatic rings. The Kier molecular flexibility index (Phi) is 5.57. The van der Waals surface area contributed by atoms with Crippen molar-refractivity contribution >= 4 is 17.9 Å². The Morgan fingerprint density at radius 2 is 1.82 bits per heavy atom. The molecule has 0 aromatic rings. The molecule has 0 radical (unpaired) electrons. The number of hydrogen-bond acceptors (Lipinski definition) is 4. The van der Waals surface area contributed by atoms with Gasteiger partial charge in [0.25, 0.3) is 0 Å². The van der Waals surface area contributed by atoms with Gasteiger partial charge in [0, 0.05) is 31.5 Å². The predicted octanol–water partition coefficient (Wildman–Crippen LogP) is 1.66. The maximum Gasteiger partial charge on any atom is 0.414 e. The molecule has 0 aromatic heterocycles. The summed E-state index contributed by atoms with van der Waals surface area (Å²) in [5.41, 5.74) is -0.459. The Morgan fingerprint density at radius 3 is 2.27 bits per heavy atom. The average molecular weight is 311 g/mol. The van der Waals surface area contributed by atoms with Gasteiger partial charge in [-0.25, -0.2) is 4.79 Å². The number of alkyl carbamates (subject to hydrolysis) is 1. The van der Waals surface area contributed by atoms with E-state index in [1.165, 1.54) is 22.9 Å². The lowest BCUT2D eigenvalue weighted by atomic mass is 10.1. The van der Waals surface area contributed by atoms with E-state index in [1.54, 1.807) is 13.8 Å². The molecule has 3 amide bonds. The minimum atomic E-state index is -0.661. The first-order valence-corrected chi connectivity index (χ1v) is 7.31. The number of nitrogens with one attached hydrogen (secondary N) is 1. The Balaban J connectivity index is 2.96. The normalized spacial score (nSPS) is 15.5. The van der Waals surface area contributed by atoms with Crippen molar-refractivity contribution < 1.29 is 19.1 Å². The topological polar surface area (TPSA) is 79.0 Å². The van der Waals surface area contributed by atoms with Crippen LogP contribution < -0.4 is 5.32 Å². The molecule has 0 atom stereocenters. The van der Waals surface area contributed by atoms with Gasteiger partial charge in [-0.2, -0.15) is 0 Å². The fourth-order valence-electron chi connectivity index (χ4n) is 1.87. The fraction of sp³-hybridized carbons (Fsp3) is 0.667. The Morgan fingerprint density at radius 1 is 1.23 bits per heavy atom. The van der Waals surface area contributed by atoms with Gasteiger partial charge in [0.1, 0.15) is 0 Å². The van der Waals surface area contributed by atoms with E-state index in [0.29, 0.717) is 13.1 Å². The van der Waals surface area contributed by atoms with Crippen molar-refractivity contribution in [1.29, 1.82) is 0 Å². The summed E-state index contributed by atoms with van der Waals surface area (Å²) < 4.78 is 5.25. The van der Waals surface area contributed by atoms with Crippen LogP contribution in [0.25, 0.3) is 0 Å². The van der Waals surface area contributed by atoms with Crippen LogP contribution in [0.3, 0.4) is 0 Å². The monoisotopic (exact) mass is 311 g/mol. The van der Waals surface area contributed by atoms with Crippen molar-refractivity contribution in [3.63, 3.8) is 0 Å². The van der Waals surface area contributed by atoms with Gasteiger partial charge in [0.2, 0.25) is 17.7 Å². The zero-order chi connectivity index (χ0) is 17.1. The molecule has 0 aromatic carbocycles. The first-order valence-electron chi connectivity index (χ1n) is 7.31. The third kappa shape index (κ3) is 5.05. The highest BCUT2D eigenvalue weighted by Gasteiger charge is 2.30. The molecule has 0 bridgehead atoms. The molecule has 0 spiro atoms. The van der Waals surface area contributed by atoms with E-state index in [-0.39, 0.29) is 23.6 Å². The van der Waals surface area contributed by atoms with Crippen LogP contribution in [0, 0.1) is 5.92 Å². The number of carbonyl (C=O) groups excluding carboxylic acids is 3. The van der Waals surface area contributed by atoms with Gasteiger partial charge >= 0.3 is 6.09 Å². The van der Waals surface area contributed by atoms with Crippen molar-refractivity contribution in [2.75, 3.05) is 13.1 Å². The van der Waals surface area contributed by atoms with Gasteiger partial charge in [-0.3, -0.25) is 14.5 Å². The first-order chi connectivity index (χ1) is 10.0. The number of hydrogen-bond donors (Lipinski definition) is 1. The van der Waals surface area contributed by atoms with Crippen LogP contribution in [0.4, 0.5) is 4.79 Å². The smallest absolute Gasteiger partial charge is 0.391 e. The van der Waals surface area contributed by atoms with Gasteiger partial charge in [0.15, 0.2) is 0 Å². The molecule has 0 saturated carbocycles. The van der Waals surface area contributed by atoms with Gasteiger partial charge in [-0.05, 0) is 20.8 Å².